The number of aryl methyl sites for hydroxylation is 2. The van der Waals surface area contributed by atoms with Crippen molar-refractivity contribution in [1.29, 1.82) is 0 Å². The molecule has 0 aliphatic carbocycles. The van der Waals surface area contributed by atoms with Gasteiger partial charge in [-0.1, -0.05) is 18.2 Å². The van der Waals surface area contributed by atoms with Crippen LogP contribution < -0.4 is 15.6 Å². The second-order valence-corrected chi connectivity index (χ2v) is 8.44. The van der Waals surface area contributed by atoms with E-state index in [1.807, 2.05) is 13.0 Å². The van der Waals surface area contributed by atoms with E-state index in [9.17, 15) is 26.4 Å². The lowest BCUT2D eigenvalue weighted by molar-refractivity contribution is 0.0961. The first-order valence-electron chi connectivity index (χ1n) is 8.98. The zero-order chi connectivity index (χ0) is 22.8. The number of hydrogen-bond donors (Lipinski definition) is 3. The van der Waals surface area contributed by atoms with Crippen LogP contribution in [-0.4, -0.2) is 14.3 Å². The van der Waals surface area contributed by atoms with Gasteiger partial charge in [0.05, 0.1) is 10.6 Å². The van der Waals surface area contributed by atoms with E-state index in [0.29, 0.717) is 17.3 Å². The largest absolute Gasteiger partial charge is 0.295 e. The molecule has 162 valence electrons. The van der Waals surface area contributed by atoms with Crippen LogP contribution in [0, 0.1) is 31.3 Å². The molecule has 0 unspecified atom stereocenters. The Kier molecular flexibility index (Phi) is 6.21. The van der Waals surface area contributed by atoms with Crippen LogP contribution in [0.3, 0.4) is 0 Å². The van der Waals surface area contributed by atoms with Gasteiger partial charge in [0.25, 0.3) is 15.9 Å². The molecule has 0 aliphatic heterocycles. The molecule has 0 bridgehead atoms. The summed E-state index contributed by atoms with van der Waals surface area (Å²) in [6, 6.07) is 12.3. The lowest BCUT2D eigenvalue weighted by atomic mass is 10.1. The monoisotopic (exact) mass is 449 g/mol. The average molecular weight is 449 g/mol. The van der Waals surface area contributed by atoms with Crippen LogP contribution in [0.5, 0.6) is 0 Å². The Labute approximate surface area is 177 Å². The smallest absolute Gasteiger partial charge is 0.269 e. The molecule has 0 aromatic heterocycles. The Balaban J connectivity index is 1.82. The minimum absolute atomic E-state index is 0.0115. The highest BCUT2D eigenvalue weighted by Crippen LogP contribution is 2.21. The van der Waals surface area contributed by atoms with E-state index in [0.717, 1.165) is 17.7 Å². The molecule has 0 spiro atoms. The van der Waals surface area contributed by atoms with Crippen molar-refractivity contribution >= 4 is 27.3 Å². The molecule has 0 aliphatic rings. The van der Waals surface area contributed by atoms with Crippen LogP contribution in [0.4, 0.5) is 24.5 Å². The zero-order valence-corrected chi connectivity index (χ0v) is 17.3. The Morgan fingerprint density at radius 1 is 0.903 bits per heavy atom. The average Bonchev–Trinajstić information content (AvgIpc) is 2.71. The van der Waals surface area contributed by atoms with Crippen LogP contribution in [-0.2, 0) is 10.0 Å². The number of carbonyl (C=O) groups is 1. The number of hydrazine groups is 1. The number of benzene rings is 3. The predicted molar refractivity (Wildman–Crippen MR) is 111 cm³/mol. The van der Waals surface area contributed by atoms with E-state index >= 15 is 0 Å². The fourth-order valence-corrected chi connectivity index (χ4v) is 3.82. The molecule has 31 heavy (non-hydrogen) atoms. The molecule has 0 atom stereocenters. The van der Waals surface area contributed by atoms with Crippen molar-refractivity contribution < 1.29 is 26.4 Å². The van der Waals surface area contributed by atoms with Crippen molar-refractivity contribution in [3.05, 3.63) is 88.7 Å². The molecule has 3 rings (SSSR count). The van der Waals surface area contributed by atoms with Crippen LogP contribution >= 0.6 is 0 Å². The highest BCUT2D eigenvalue weighted by molar-refractivity contribution is 7.92. The molecule has 1 amide bonds. The van der Waals surface area contributed by atoms with Crippen LogP contribution in [0.2, 0.25) is 0 Å². The van der Waals surface area contributed by atoms with Gasteiger partial charge in [0.1, 0.15) is 0 Å². The Morgan fingerprint density at radius 3 is 2.35 bits per heavy atom. The number of halogens is 3. The number of sulfonamides is 1. The van der Waals surface area contributed by atoms with Crippen molar-refractivity contribution in [2.45, 2.75) is 18.7 Å². The maximum Gasteiger partial charge on any atom is 0.269 e. The number of hydrogen-bond acceptors (Lipinski definition) is 4. The molecule has 0 radical (unpaired) electrons. The number of rotatable bonds is 6. The summed E-state index contributed by atoms with van der Waals surface area (Å²) in [6.07, 6.45) is 0. The van der Waals surface area contributed by atoms with Gasteiger partial charge in [-0.15, -0.1) is 0 Å². The maximum atomic E-state index is 13.7. The molecule has 0 saturated carbocycles. The summed E-state index contributed by atoms with van der Waals surface area (Å²) in [5.74, 6) is -5.36. The molecule has 0 heterocycles. The number of anilines is 2. The Bertz CT molecular complexity index is 1260. The van der Waals surface area contributed by atoms with Gasteiger partial charge >= 0.3 is 0 Å². The predicted octanol–water partition coefficient (Wildman–Crippen LogP) is 4.28. The fraction of sp³-hybridized carbons (Fsp3) is 0.0952. The number of amides is 1. The zero-order valence-electron chi connectivity index (χ0n) is 16.5. The van der Waals surface area contributed by atoms with Crippen LogP contribution in [0.1, 0.15) is 21.5 Å². The fourth-order valence-electron chi connectivity index (χ4n) is 2.75. The topological polar surface area (TPSA) is 87.3 Å². The van der Waals surface area contributed by atoms with E-state index in [2.05, 4.69) is 15.6 Å². The van der Waals surface area contributed by atoms with Gasteiger partial charge in [0, 0.05) is 11.3 Å². The normalized spacial score (nSPS) is 11.1. The Hall–Kier alpha value is -3.53. The molecule has 0 fully saturated rings. The van der Waals surface area contributed by atoms with Gasteiger partial charge in [0.2, 0.25) is 0 Å². The van der Waals surface area contributed by atoms with Gasteiger partial charge < -0.3 is 0 Å². The molecule has 10 heteroatoms. The molecule has 0 saturated heterocycles. The standard InChI is InChI=1S/C21H18F3N3O3S/c1-12-4-3-5-14(10-12)27-31(29,30)15-7-6-13(2)16(11-15)21(28)26-25-18-9-8-17(22)19(23)20(18)24/h3-11,25,27H,1-2H3,(H,26,28). The van der Waals surface area contributed by atoms with Crippen molar-refractivity contribution in [2.75, 3.05) is 10.1 Å². The summed E-state index contributed by atoms with van der Waals surface area (Å²) in [7, 11) is -3.99. The summed E-state index contributed by atoms with van der Waals surface area (Å²) in [5.41, 5.74) is 5.48. The van der Waals surface area contributed by atoms with Crippen molar-refractivity contribution in [3.8, 4) is 0 Å². The van der Waals surface area contributed by atoms with Gasteiger partial charge in [-0.3, -0.25) is 20.4 Å². The van der Waals surface area contributed by atoms with E-state index in [-0.39, 0.29) is 10.5 Å². The molecule has 6 nitrogen and oxygen atoms in total. The molecule has 3 aromatic carbocycles. The summed E-state index contributed by atoms with van der Waals surface area (Å²) in [4.78, 5) is 12.3. The first-order valence-corrected chi connectivity index (χ1v) is 10.5. The second-order valence-electron chi connectivity index (χ2n) is 6.75. The number of nitrogens with one attached hydrogen (secondary N) is 3. The van der Waals surface area contributed by atoms with E-state index in [1.54, 1.807) is 25.1 Å². The van der Waals surface area contributed by atoms with Crippen LogP contribution in [0.15, 0.2) is 59.5 Å². The van der Waals surface area contributed by atoms with E-state index in [4.69, 9.17) is 0 Å². The summed E-state index contributed by atoms with van der Waals surface area (Å²) < 4.78 is 67.9. The molecule has 3 N–H and O–H groups in total. The van der Waals surface area contributed by atoms with Gasteiger partial charge in [-0.2, -0.15) is 0 Å². The minimum Gasteiger partial charge on any atom is -0.295 e. The maximum absolute atomic E-state index is 13.7. The molecular weight excluding hydrogens is 431 g/mol. The first-order chi connectivity index (χ1) is 14.6. The van der Waals surface area contributed by atoms with Gasteiger partial charge in [-0.25, -0.2) is 21.6 Å². The highest BCUT2D eigenvalue weighted by Gasteiger charge is 2.19. The molecule has 3 aromatic rings. The van der Waals surface area contributed by atoms with Gasteiger partial charge in [0.15, 0.2) is 17.5 Å². The van der Waals surface area contributed by atoms with Crippen molar-refractivity contribution in [2.24, 2.45) is 0 Å². The highest BCUT2D eigenvalue weighted by atomic mass is 32.2. The Morgan fingerprint density at radius 2 is 1.65 bits per heavy atom. The summed E-state index contributed by atoms with van der Waals surface area (Å²) in [5, 5.41) is 0. The lowest BCUT2D eigenvalue weighted by Crippen LogP contribution is -2.30. The second kappa shape index (κ2) is 8.68. The summed E-state index contributed by atoms with van der Waals surface area (Å²) >= 11 is 0. The van der Waals surface area contributed by atoms with E-state index in [1.165, 1.54) is 12.1 Å². The van der Waals surface area contributed by atoms with Crippen LogP contribution in [0.25, 0.3) is 0 Å². The van der Waals surface area contributed by atoms with Crippen molar-refractivity contribution in [1.82, 2.24) is 5.43 Å². The SMILES string of the molecule is Cc1cccc(NS(=O)(=O)c2ccc(C)c(C(=O)NNc3ccc(F)c(F)c3F)c2)c1. The first kappa shape index (κ1) is 22.2. The third-order valence-corrected chi connectivity index (χ3v) is 5.76. The third kappa shape index (κ3) is 4.97. The summed E-state index contributed by atoms with van der Waals surface area (Å²) in [6.45, 7) is 3.40. The third-order valence-electron chi connectivity index (χ3n) is 4.38. The van der Waals surface area contributed by atoms with Crippen molar-refractivity contribution in [3.63, 3.8) is 0 Å². The quantitative estimate of drug-likeness (QED) is 0.387. The van der Waals surface area contributed by atoms with E-state index < -0.39 is 39.1 Å². The number of carbonyl (C=O) groups excluding carboxylic acids is 1. The van der Waals surface area contributed by atoms with Gasteiger partial charge in [-0.05, 0) is 61.4 Å². The minimum atomic E-state index is -3.99. The molecular formula is C21H18F3N3O3S. The lowest BCUT2D eigenvalue weighted by Gasteiger charge is -2.13.